The third kappa shape index (κ3) is 6.59. The van der Waals surface area contributed by atoms with E-state index in [4.69, 9.17) is 0 Å². The summed E-state index contributed by atoms with van der Waals surface area (Å²) in [5, 5.41) is 12.5. The molecular formula is C90H52N6. The van der Waals surface area contributed by atoms with E-state index in [1.807, 2.05) is 0 Å². The fourth-order valence-corrected chi connectivity index (χ4v) is 17.7. The molecule has 0 unspecified atom stereocenters. The summed E-state index contributed by atoms with van der Waals surface area (Å²) in [5.74, 6) is 0. The SMILES string of the molecule is c1ccc(-c2cn(-c3c(-n4cc5c(c4)-c4cccc6cccc-5c46)c(-n4cc5c(c4)-c4cccc6cccc-5c46)c(-n4cc5c(c4)-c4cccc6cccc-5c46)c(-n4cc5c(c4)-c4cccc6cccc-5c46)c3-n3cc(-c4ccccc4)c4ccccc43)c3ccccc23)cc1. The van der Waals surface area contributed by atoms with Crippen molar-refractivity contribution in [1.82, 2.24) is 27.4 Å². The molecule has 0 atom stereocenters. The summed E-state index contributed by atoms with van der Waals surface area (Å²) >= 11 is 0. The third-order valence-electron chi connectivity index (χ3n) is 21.7. The average Bonchev–Trinajstić information content (AvgIpc) is 1.49. The van der Waals surface area contributed by atoms with Crippen LogP contribution in [0.15, 0.2) is 317 Å². The van der Waals surface area contributed by atoms with Crippen LogP contribution in [0.2, 0.25) is 0 Å². The smallest absolute Gasteiger partial charge is 0.0986 e. The number of rotatable bonds is 8. The maximum Gasteiger partial charge on any atom is 0.0986 e. The third-order valence-corrected chi connectivity index (χ3v) is 21.7. The Morgan fingerprint density at radius 3 is 0.646 bits per heavy atom. The highest BCUT2D eigenvalue weighted by Gasteiger charge is 2.38. The molecule has 0 saturated heterocycles. The van der Waals surface area contributed by atoms with Gasteiger partial charge in [-0.3, -0.25) is 0 Å². The van der Waals surface area contributed by atoms with E-state index >= 15 is 0 Å². The van der Waals surface area contributed by atoms with Gasteiger partial charge in [-0.2, -0.15) is 0 Å². The van der Waals surface area contributed by atoms with Crippen molar-refractivity contribution in [1.29, 1.82) is 0 Å². The van der Waals surface area contributed by atoms with Gasteiger partial charge in [0.15, 0.2) is 0 Å². The maximum atomic E-state index is 2.56. The number of nitrogens with zero attached hydrogens (tertiary/aromatic N) is 6. The number of para-hydroxylation sites is 2. The van der Waals surface area contributed by atoms with Crippen LogP contribution in [0.1, 0.15) is 0 Å². The molecule has 6 aromatic heterocycles. The van der Waals surface area contributed by atoms with Crippen LogP contribution in [0, 0.1) is 0 Å². The van der Waals surface area contributed by atoms with Crippen molar-refractivity contribution in [3.63, 3.8) is 0 Å². The lowest BCUT2D eigenvalue weighted by Crippen LogP contribution is -2.18. The van der Waals surface area contributed by atoms with Gasteiger partial charge in [0.25, 0.3) is 0 Å². The molecule has 19 aromatic rings. The molecule has 0 aliphatic heterocycles. The van der Waals surface area contributed by atoms with Crippen LogP contribution in [0.4, 0.5) is 0 Å². The fraction of sp³-hybridized carbons (Fsp3) is 0. The van der Waals surface area contributed by atoms with E-state index in [0.717, 1.165) is 78.2 Å². The summed E-state index contributed by atoms with van der Waals surface area (Å²) in [4.78, 5) is 0. The van der Waals surface area contributed by atoms with Gasteiger partial charge in [0.1, 0.15) is 0 Å². The lowest BCUT2D eigenvalue weighted by Gasteiger charge is -2.30. The summed E-state index contributed by atoms with van der Waals surface area (Å²) in [7, 11) is 0. The molecule has 6 heteroatoms. The van der Waals surface area contributed by atoms with Crippen LogP contribution in [0.25, 0.3) is 210 Å². The van der Waals surface area contributed by atoms with Crippen LogP contribution in [-0.2, 0) is 0 Å². The Morgan fingerprint density at radius 1 is 0.156 bits per heavy atom. The first-order chi connectivity index (χ1) is 47.6. The van der Waals surface area contributed by atoms with E-state index in [1.165, 1.54) is 132 Å². The lowest BCUT2D eigenvalue weighted by molar-refractivity contribution is 0.902. The quantitative estimate of drug-likeness (QED) is 0.145. The van der Waals surface area contributed by atoms with E-state index in [2.05, 4.69) is 344 Å². The summed E-state index contributed by atoms with van der Waals surface area (Å²) in [6.45, 7) is 0. The second kappa shape index (κ2) is 18.4. The number of benzene rings is 13. The molecule has 6 nitrogen and oxygen atoms in total. The van der Waals surface area contributed by atoms with Gasteiger partial charge < -0.3 is 27.4 Å². The molecule has 6 heterocycles. The zero-order valence-electron chi connectivity index (χ0n) is 51.7. The molecule has 0 amide bonds. The van der Waals surface area contributed by atoms with Gasteiger partial charge in [0.05, 0.1) is 45.2 Å². The predicted molar refractivity (Wildman–Crippen MR) is 396 cm³/mol. The molecule has 0 saturated carbocycles. The van der Waals surface area contributed by atoms with Crippen molar-refractivity contribution in [2.45, 2.75) is 0 Å². The monoisotopic (exact) mass is 1220 g/mol. The maximum absolute atomic E-state index is 2.56. The molecular weight excluding hydrogens is 1170 g/mol. The summed E-state index contributed by atoms with van der Waals surface area (Å²) in [6.07, 6.45) is 24.5. The Labute approximate surface area is 551 Å². The van der Waals surface area contributed by atoms with E-state index in [1.54, 1.807) is 0 Å². The second-order valence-electron chi connectivity index (χ2n) is 26.5. The van der Waals surface area contributed by atoms with Gasteiger partial charge in [0.2, 0.25) is 0 Å². The fourth-order valence-electron chi connectivity index (χ4n) is 17.7. The molecule has 23 rings (SSSR count). The molecule has 13 aromatic carbocycles. The zero-order valence-corrected chi connectivity index (χ0v) is 51.7. The van der Waals surface area contributed by atoms with Crippen LogP contribution in [0.5, 0.6) is 0 Å². The van der Waals surface area contributed by atoms with Crippen LogP contribution in [0.3, 0.4) is 0 Å². The first-order valence-corrected chi connectivity index (χ1v) is 33.2. The zero-order chi connectivity index (χ0) is 62.2. The molecule has 96 heavy (non-hydrogen) atoms. The molecule has 0 fully saturated rings. The molecule has 0 radical (unpaired) electrons. The normalized spacial score (nSPS) is 12.6. The average molecular weight is 1220 g/mol. The van der Waals surface area contributed by atoms with Crippen molar-refractivity contribution in [3.05, 3.63) is 317 Å². The van der Waals surface area contributed by atoms with Crippen molar-refractivity contribution < 1.29 is 0 Å². The van der Waals surface area contributed by atoms with Crippen molar-refractivity contribution in [2.24, 2.45) is 0 Å². The minimum atomic E-state index is 1.02. The van der Waals surface area contributed by atoms with Crippen LogP contribution < -0.4 is 0 Å². The molecule has 0 N–H and O–H groups in total. The van der Waals surface area contributed by atoms with Crippen LogP contribution >= 0.6 is 0 Å². The van der Waals surface area contributed by atoms with E-state index < -0.39 is 0 Å². The van der Waals surface area contributed by atoms with E-state index in [0.29, 0.717) is 0 Å². The second-order valence-corrected chi connectivity index (χ2v) is 26.5. The van der Waals surface area contributed by atoms with Gasteiger partial charge >= 0.3 is 0 Å². The molecule has 4 aliphatic rings. The van der Waals surface area contributed by atoms with Crippen molar-refractivity contribution in [2.75, 3.05) is 0 Å². The first-order valence-electron chi connectivity index (χ1n) is 33.2. The highest BCUT2D eigenvalue weighted by atomic mass is 15.2. The Bertz CT molecular complexity index is 6060. The van der Waals surface area contributed by atoms with Gasteiger partial charge in [-0.05, 0) is 111 Å². The highest BCUT2D eigenvalue weighted by molar-refractivity contribution is 6.19. The number of aromatic nitrogens is 6. The molecule has 442 valence electrons. The largest absolute Gasteiger partial charge is 0.319 e. The lowest BCUT2D eigenvalue weighted by atomic mass is 10.0. The van der Waals surface area contributed by atoms with Gasteiger partial charge in [-0.25, -0.2) is 0 Å². The minimum absolute atomic E-state index is 1.02. The Hall–Kier alpha value is -12.9. The van der Waals surface area contributed by atoms with E-state index in [-0.39, 0.29) is 0 Å². The van der Waals surface area contributed by atoms with Gasteiger partial charge in [-0.1, -0.05) is 243 Å². The van der Waals surface area contributed by atoms with Crippen molar-refractivity contribution >= 4 is 64.9 Å². The van der Waals surface area contributed by atoms with Gasteiger partial charge in [-0.15, -0.1) is 0 Å². The Balaban J connectivity index is 0.967. The van der Waals surface area contributed by atoms with Crippen LogP contribution in [-0.4, -0.2) is 27.4 Å². The standard InChI is InChI=1S/C90H52N6/c1-3-19-53(20-4-1)69-51-95(79-41-9-7-31-59(69)79)89-87(93-47-75-65-37-15-27-57-28-16-38-66(83(57)65)76(75)48-93)85(91-43-71-61-33-11-23-55-24-12-34-62(81(55)61)72(71)44-91)86(92-45-73-63-35-13-25-56-26-14-36-64(82(56)63)74(73)46-92)88(94-49-77-67-39-17-29-58-30-18-40-68(84(58)67)78(77)50-94)90(89)96-52-70(54-21-5-2-6-22-54)60-32-8-10-42-80(60)96/h1-52H. The number of hydrogen-bond acceptors (Lipinski definition) is 0. The van der Waals surface area contributed by atoms with E-state index in [9.17, 15) is 0 Å². The number of hydrogen-bond donors (Lipinski definition) is 0. The molecule has 0 spiro atoms. The van der Waals surface area contributed by atoms with Gasteiger partial charge in [0, 0.05) is 128 Å². The summed E-state index contributed by atoms with van der Waals surface area (Å²) in [5.41, 5.74) is 32.6. The molecule has 0 bridgehead atoms. The number of fused-ring (bicyclic) bond motifs is 14. The summed E-state index contributed by atoms with van der Waals surface area (Å²) < 4.78 is 15.2. The molecule has 4 aliphatic carbocycles. The highest BCUT2D eigenvalue weighted by Crippen LogP contribution is 2.57. The Morgan fingerprint density at radius 2 is 0.385 bits per heavy atom. The minimum Gasteiger partial charge on any atom is -0.319 e. The topological polar surface area (TPSA) is 29.6 Å². The van der Waals surface area contributed by atoms with Crippen molar-refractivity contribution in [3.8, 4) is 145 Å². The predicted octanol–water partition coefficient (Wildman–Crippen LogP) is 23.3. The first kappa shape index (κ1) is 50.7. The Kier molecular flexibility index (Phi) is 9.74. The summed E-state index contributed by atoms with van der Waals surface area (Å²) in [6, 6.07) is 94.6.